The standard InChI is InChI=1S/C24H18Cl2F3N3O3/c1-2-35-23(34)17-13-16-20(14-7-9-15(25)10-8-14)32(19-6-4-3-5-18(19)26)30-21(16)31(22(17)33)12-11-24(27,28)29/h3-10,13H,2,11-12H2,1H3. The molecule has 11 heteroatoms. The van der Waals surface area contributed by atoms with E-state index in [4.69, 9.17) is 27.9 Å². The molecule has 4 rings (SSSR count). The Morgan fingerprint density at radius 2 is 1.77 bits per heavy atom. The number of aromatic nitrogens is 3. The van der Waals surface area contributed by atoms with E-state index in [1.807, 2.05) is 0 Å². The minimum absolute atomic E-state index is 0.0121. The number of para-hydroxylation sites is 1. The summed E-state index contributed by atoms with van der Waals surface area (Å²) in [7, 11) is 0. The van der Waals surface area contributed by atoms with E-state index in [0.717, 1.165) is 4.57 Å². The van der Waals surface area contributed by atoms with Crippen LogP contribution < -0.4 is 5.56 Å². The molecule has 2 aromatic heterocycles. The van der Waals surface area contributed by atoms with Crippen molar-refractivity contribution in [2.45, 2.75) is 26.1 Å². The van der Waals surface area contributed by atoms with E-state index in [2.05, 4.69) is 5.10 Å². The van der Waals surface area contributed by atoms with Gasteiger partial charge < -0.3 is 4.74 Å². The van der Waals surface area contributed by atoms with Crippen LogP contribution in [0, 0.1) is 0 Å². The number of alkyl halides is 3. The van der Waals surface area contributed by atoms with Crippen molar-refractivity contribution >= 4 is 40.2 Å². The van der Waals surface area contributed by atoms with Crippen LogP contribution in [0.4, 0.5) is 13.2 Å². The summed E-state index contributed by atoms with van der Waals surface area (Å²) >= 11 is 12.5. The van der Waals surface area contributed by atoms with Crippen LogP contribution in [0.1, 0.15) is 23.7 Å². The normalized spacial score (nSPS) is 11.7. The molecular formula is C24H18Cl2F3N3O3. The Labute approximate surface area is 207 Å². The molecule has 0 amide bonds. The molecule has 4 aromatic rings. The monoisotopic (exact) mass is 523 g/mol. The molecule has 0 saturated heterocycles. The van der Waals surface area contributed by atoms with Gasteiger partial charge in [-0.3, -0.25) is 9.36 Å². The first kappa shape index (κ1) is 24.8. The van der Waals surface area contributed by atoms with Gasteiger partial charge in [0.1, 0.15) is 5.56 Å². The molecule has 0 aliphatic heterocycles. The van der Waals surface area contributed by atoms with Gasteiger partial charge in [0.15, 0.2) is 5.65 Å². The van der Waals surface area contributed by atoms with Gasteiger partial charge in [0.25, 0.3) is 5.56 Å². The number of fused-ring (bicyclic) bond motifs is 1. The largest absolute Gasteiger partial charge is 0.462 e. The summed E-state index contributed by atoms with van der Waals surface area (Å²) in [4.78, 5) is 25.7. The first-order valence-electron chi connectivity index (χ1n) is 10.5. The smallest absolute Gasteiger partial charge is 0.390 e. The molecule has 2 heterocycles. The molecule has 2 aromatic carbocycles. The summed E-state index contributed by atoms with van der Waals surface area (Å²) in [5.41, 5.74) is 0.0887. The third kappa shape index (κ3) is 5.06. The Morgan fingerprint density at radius 3 is 2.40 bits per heavy atom. The zero-order chi connectivity index (χ0) is 25.3. The van der Waals surface area contributed by atoms with Gasteiger partial charge in [-0.2, -0.15) is 13.2 Å². The van der Waals surface area contributed by atoms with Crippen molar-refractivity contribution in [2.24, 2.45) is 0 Å². The summed E-state index contributed by atoms with van der Waals surface area (Å²) in [6.45, 7) is 0.820. The van der Waals surface area contributed by atoms with Gasteiger partial charge >= 0.3 is 12.1 Å². The second-order valence-electron chi connectivity index (χ2n) is 7.56. The number of rotatable bonds is 6. The van der Waals surface area contributed by atoms with Crippen LogP contribution in [0.5, 0.6) is 0 Å². The molecule has 6 nitrogen and oxygen atoms in total. The minimum Gasteiger partial charge on any atom is -0.462 e. The van der Waals surface area contributed by atoms with E-state index >= 15 is 0 Å². The lowest BCUT2D eigenvalue weighted by Gasteiger charge is -2.11. The van der Waals surface area contributed by atoms with Crippen LogP contribution in [-0.4, -0.2) is 33.1 Å². The average Bonchev–Trinajstić information content (AvgIpc) is 3.17. The zero-order valence-electron chi connectivity index (χ0n) is 18.3. The highest BCUT2D eigenvalue weighted by Gasteiger charge is 2.29. The summed E-state index contributed by atoms with van der Waals surface area (Å²) in [5, 5.41) is 5.56. The van der Waals surface area contributed by atoms with Crippen LogP contribution in [-0.2, 0) is 11.3 Å². The van der Waals surface area contributed by atoms with E-state index in [1.165, 1.54) is 10.7 Å². The number of hydrogen-bond acceptors (Lipinski definition) is 4. The molecule has 182 valence electrons. The van der Waals surface area contributed by atoms with Crippen molar-refractivity contribution < 1.29 is 22.7 Å². The maximum atomic E-state index is 13.1. The van der Waals surface area contributed by atoms with Crippen molar-refractivity contribution in [3.8, 4) is 16.9 Å². The van der Waals surface area contributed by atoms with E-state index < -0.39 is 36.2 Å². The van der Waals surface area contributed by atoms with Crippen LogP contribution in [0.3, 0.4) is 0 Å². The molecule has 0 aliphatic rings. The number of nitrogens with zero attached hydrogens (tertiary/aromatic N) is 3. The maximum absolute atomic E-state index is 13.1. The summed E-state index contributed by atoms with van der Waals surface area (Å²) in [5.74, 6) is -0.937. The maximum Gasteiger partial charge on any atom is 0.390 e. The fraction of sp³-hybridized carbons (Fsp3) is 0.208. The molecule has 0 radical (unpaired) electrons. The van der Waals surface area contributed by atoms with Gasteiger partial charge in [-0.25, -0.2) is 9.48 Å². The van der Waals surface area contributed by atoms with E-state index in [9.17, 15) is 22.8 Å². The summed E-state index contributed by atoms with van der Waals surface area (Å²) < 4.78 is 46.6. The lowest BCUT2D eigenvalue weighted by molar-refractivity contribution is -0.136. The Hall–Kier alpha value is -3.30. The highest BCUT2D eigenvalue weighted by Crippen LogP contribution is 2.34. The van der Waals surface area contributed by atoms with Gasteiger partial charge in [-0.15, -0.1) is 5.10 Å². The number of hydrogen-bond donors (Lipinski definition) is 0. The molecule has 0 atom stereocenters. The van der Waals surface area contributed by atoms with Crippen molar-refractivity contribution in [3.63, 3.8) is 0 Å². The number of ether oxygens (including phenoxy) is 1. The van der Waals surface area contributed by atoms with Crippen molar-refractivity contribution in [2.75, 3.05) is 6.61 Å². The van der Waals surface area contributed by atoms with Crippen molar-refractivity contribution in [3.05, 3.63) is 80.6 Å². The van der Waals surface area contributed by atoms with Crippen LogP contribution >= 0.6 is 23.2 Å². The molecule has 35 heavy (non-hydrogen) atoms. The molecule has 0 bridgehead atoms. The van der Waals surface area contributed by atoms with Gasteiger partial charge in [0, 0.05) is 22.5 Å². The topological polar surface area (TPSA) is 66.1 Å². The summed E-state index contributed by atoms with van der Waals surface area (Å²) in [6, 6.07) is 14.7. The number of carbonyl (C=O) groups excluding carboxylic acids is 1. The molecule has 0 N–H and O–H groups in total. The quantitative estimate of drug-likeness (QED) is 0.278. The molecule has 0 aliphatic carbocycles. The summed E-state index contributed by atoms with van der Waals surface area (Å²) in [6.07, 6.45) is -5.82. The average molecular weight is 524 g/mol. The predicted octanol–water partition coefficient (Wildman–Crippen LogP) is 6.29. The van der Waals surface area contributed by atoms with Gasteiger partial charge in [-0.05, 0) is 37.3 Å². The third-order valence-corrected chi connectivity index (χ3v) is 5.81. The third-order valence-electron chi connectivity index (χ3n) is 5.23. The second-order valence-corrected chi connectivity index (χ2v) is 8.40. The second kappa shape index (κ2) is 9.75. The Morgan fingerprint density at radius 1 is 1.09 bits per heavy atom. The van der Waals surface area contributed by atoms with E-state index in [-0.39, 0.29) is 17.6 Å². The number of halogens is 5. The van der Waals surface area contributed by atoms with Crippen molar-refractivity contribution in [1.29, 1.82) is 0 Å². The molecule has 0 spiro atoms. The number of carbonyl (C=O) groups is 1. The number of aryl methyl sites for hydroxylation is 1. The first-order valence-corrected chi connectivity index (χ1v) is 11.3. The molecule has 0 fully saturated rings. The first-order chi connectivity index (χ1) is 16.6. The molecule has 0 saturated carbocycles. The molecular weight excluding hydrogens is 506 g/mol. The van der Waals surface area contributed by atoms with Gasteiger partial charge in [0.2, 0.25) is 0 Å². The van der Waals surface area contributed by atoms with Gasteiger partial charge in [0.05, 0.1) is 29.4 Å². The minimum atomic E-state index is -4.53. The Bertz CT molecular complexity index is 1460. The molecule has 0 unspecified atom stereocenters. The number of pyridine rings is 1. The lowest BCUT2D eigenvalue weighted by Crippen LogP contribution is -2.29. The number of benzene rings is 2. The van der Waals surface area contributed by atoms with Gasteiger partial charge in [-0.1, -0.05) is 47.5 Å². The Kier molecular flexibility index (Phi) is 6.91. The van der Waals surface area contributed by atoms with Crippen LogP contribution in [0.25, 0.3) is 28.0 Å². The fourth-order valence-electron chi connectivity index (χ4n) is 3.68. The highest BCUT2D eigenvalue weighted by molar-refractivity contribution is 6.32. The predicted molar refractivity (Wildman–Crippen MR) is 127 cm³/mol. The zero-order valence-corrected chi connectivity index (χ0v) is 19.8. The van der Waals surface area contributed by atoms with Crippen molar-refractivity contribution in [1.82, 2.24) is 14.3 Å². The fourth-order valence-corrected chi connectivity index (χ4v) is 4.02. The van der Waals surface area contributed by atoms with Crippen LogP contribution in [0.15, 0.2) is 59.4 Å². The van der Waals surface area contributed by atoms with Crippen LogP contribution in [0.2, 0.25) is 10.0 Å². The lowest BCUT2D eigenvalue weighted by atomic mass is 10.1. The number of esters is 1. The van der Waals surface area contributed by atoms with E-state index in [0.29, 0.717) is 27.0 Å². The SMILES string of the molecule is CCOC(=O)c1cc2c(-c3ccc(Cl)cc3)n(-c3ccccc3Cl)nc2n(CCC(F)(F)F)c1=O. The highest BCUT2D eigenvalue weighted by atomic mass is 35.5. The van der Waals surface area contributed by atoms with E-state index in [1.54, 1.807) is 55.5 Å². The Balaban J connectivity index is 2.10.